The van der Waals surface area contributed by atoms with E-state index < -0.39 is 0 Å². The maximum absolute atomic E-state index is 5.39. The zero-order valence-corrected chi connectivity index (χ0v) is 13.5. The molecular weight excluding hydrogens is 260 g/mol. The summed E-state index contributed by atoms with van der Waals surface area (Å²) in [7, 11) is 5.50. The second kappa shape index (κ2) is 6.86. The molecule has 0 atom stereocenters. The molecule has 1 N–H and O–H groups in total. The number of aromatic nitrogens is 1. The number of ether oxygens (including phenoxy) is 1. The predicted molar refractivity (Wildman–Crippen MR) is 80.8 cm³/mol. The van der Waals surface area contributed by atoms with Crippen molar-refractivity contribution >= 4 is 17.3 Å². The van der Waals surface area contributed by atoms with Crippen molar-refractivity contribution in [2.24, 2.45) is 4.99 Å². The summed E-state index contributed by atoms with van der Waals surface area (Å²) >= 11 is 1.67. The molecule has 0 aliphatic rings. The normalized spacial score (nSPS) is 12.6. The second-order valence-corrected chi connectivity index (χ2v) is 6.14. The molecular formula is C13H24N4OS. The zero-order valence-electron chi connectivity index (χ0n) is 12.6. The predicted octanol–water partition coefficient (Wildman–Crippen LogP) is 1.88. The molecule has 0 aromatic carbocycles. The summed E-state index contributed by atoms with van der Waals surface area (Å²) in [6.07, 6.45) is 0. The molecule has 6 heteroatoms. The third kappa shape index (κ3) is 5.16. The minimum Gasteiger partial charge on any atom is -0.377 e. The number of thiazole rings is 1. The molecule has 0 saturated heterocycles. The van der Waals surface area contributed by atoms with Crippen LogP contribution >= 0.6 is 11.3 Å². The van der Waals surface area contributed by atoms with Crippen LogP contribution in [0.25, 0.3) is 0 Å². The van der Waals surface area contributed by atoms with Crippen LogP contribution in [0.15, 0.2) is 10.4 Å². The quantitative estimate of drug-likeness (QED) is 0.662. The van der Waals surface area contributed by atoms with Crippen LogP contribution < -0.4 is 5.32 Å². The topological polar surface area (TPSA) is 49.8 Å². The van der Waals surface area contributed by atoms with Crippen molar-refractivity contribution in [2.75, 3.05) is 27.7 Å². The Labute approximate surface area is 119 Å². The molecule has 0 unspecified atom stereocenters. The van der Waals surface area contributed by atoms with Crippen molar-refractivity contribution in [3.05, 3.63) is 16.1 Å². The zero-order chi connectivity index (χ0) is 14.5. The Hall–Kier alpha value is -1.14. The standard InChI is InChI=1S/C13H24N4OS/c1-10-16-11(8-19-10)7-17(5)12(14-4)15-9-13(2,3)18-6/h8H,7,9H2,1-6H3,(H,14,15). The SMILES string of the molecule is CN=C(NCC(C)(C)OC)N(C)Cc1csc(C)n1. The molecule has 0 aliphatic heterocycles. The van der Waals surface area contributed by atoms with Crippen molar-refractivity contribution in [1.82, 2.24) is 15.2 Å². The first-order valence-corrected chi connectivity index (χ1v) is 7.14. The van der Waals surface area contributed by atoms with Gasteiger partial charge in [0.1, 0.15) is 0 Å². The van der Waals surface area contributed by atoms with Gasteiger partial charge in [-0.2, -0.15) is 0 Å². The smallest absolute Gasteiger partial charge is 0.193 e. The number of hydrogen-bond donors (Lipinski definition) is 1. The third-order valence-electron chi connectivity index (χ3n) is 2.86. The number of aliphatic imine (C=N–C) groups is 1. The van der Waals surface area contributed by atoms with Crippen molar-refractivity contribution in [1.29, 1.82) is 0 Å². The van der Waals surface area contributed by atoms with E-state index in [0.29, 0.717) is 6.54 Å². The Kier molecular flexibility index (Phi) is 5.75. The Balaban J connectivity index is 2.55. The van der Waals surface area contributed by atoms with Gasteiger partial charge < -0.3 is 15.0 Å². The van der Waals surface area contributed by atoms with Crippen molar-refractivity contribution < 1.29 is 4.74 Å². The molecule has 0 saturated carbocycles. The fourth-order valence-electron chi connectivity index (χ4n) is 1.55. The monoisotopic (exact) mass is 284 g/mol. The van der Waals surface area contributed by atoms with E-state index >= 15 is 0 Å². The second-order valence-electron chi connectivity index (χ2n) is 5.08. The highest BCUT2D eigenvalue weighted by atomic mass is 32.1. The average Bonchev–Trinajstić information content (AvgIpc) is 2.75. The highest BCUT2D eigenvalue weighted by molar-refractivity contribution is 7.09. The van der Waals surface area contributed by atoms with Gasteiger partial charge in [0, 0.05) is 33.1 Å². The van der Waals surface area contributed by atoms with Crippen LogP contribution in [0.4, 0.5) is 0 Å². The average molecular weight is 284 g/mol. The molecule has 0 amide bonds. The van der Waals surface area contributed by atoms with Crippen LogP contribution in [0.3, 0.4) is 0 Å². The fraction of sp³-hybridized carbons (Fsp3) is 0.692. The molecule has 1 aromatic rings. The minimum atomic E-state index is -0.214. The van der Waals surface area contributed by atoms with E-state index in [-0.39, 0.29) is 5.60 Å². The summed E-state index contributed by atoms with van der Waals surface area (Å²) in [5.41, 5.74) is 0.854. The van der Waals surface area contributed by atoms with Crippen LogP contribution in [0.2, 0.25) is 0 Å². The molecule has 5 nitrogen and oxygen atoms in total. The van der Waals surface area contributed by atoms with Gasteiger partial charge in [-0.15, -0.1) is 11.3 Å². The summed E-state index contributed by atoms with van der Waals surface area (Å²) in [6.45, 7) is 7.55. The Morgan fingerprint density at radius 2 is 2.26 bits per heavy atom. The maximum atomic E-state index is 5.39. The summed E-state index contributed by atoms with van der Waals surface area (Å²) in [5.74, 6) is 0.843. The lowest BCUT2D eigenvalue weighted by molar-refractivity contribution is 0.0264. The maximum Gasteiger partial charge on any atom is 0.193 e. The van der Waals surface area contributed by atoms with Gasteiger partial charge in [0.15, 0.2) is 5.96 Å². The van der Waals surface area contributed by atoms with Crippen LogP contribution in [0, 0.1) is 6.92 Å². The lowest BCUT2D eigenvalue weighted by Crippen LogP contribution is -2.45. The van der Waals surface area contributed by atoms with Crippen molar-refractivity contribution in [3.8, 4) is 0 Å². The summed E-state index contributed by atoms with van der Waals surface area (Å²) < 4.78 is 5.39. The number of nitrogens with one attached hydrogen (secondary N) is 1. The molecule has 1 rings (SSSR count). The summed E-state index contributed by atoms with van der Waals surface area (Å²) in [4.78, 5) is 10.8. The number of methoxy groups -OCH3 is 1. The van der Waals surface area contributed by atoms with E-state index in [1.54, 1.807) is 25.5 Å². The molecule has 1 aromatic heterocycles. The Bertz CT molecular complexity index is 428. The summed E-state index contributed by atoms with van der Waals surface area (Å²) in [6, 6.07) is 0. The van der Waals surface area contributed by atoms with E-state index in [0.717, 1.165) is 23.2 Å². The van der Waals surface area contributed by atoms with E-state index in [2.05, 4.69) is 25.6 Å². The lowest BCUT2D eigenvalue weighted by Gasteiger charge is -2.27. The molecule has 0 radical (unpaired) electrons. The number of hydrogen-bond acceptors (Lipinski definition) is 4. The van der Waals surface area contributed by atoms with Gasteiger partial charge in [0.05, 0.1) is 22.8 Å². The Morgan fingerprint density at radius 3 is 2.74 bits per heavy atom. The van der Waals surface area contributed by atoms with E-state index in [9.17, 15) is 0 Å². The van der Waals surface area contributed by atoms with Gasteiger partial charge >= 0.3 is 0 Å². The van der Waals surface area contributed by atoms with Crippen LogP contribution in [0.5, 0.6) is 0 Å². The van der Waals surface area contributed by atoms with Crippen LogP contribution in [-0.4, -0.2) is 49.2 Å². The van der Waals surface area contributed by atoms with Gasteiger partial charge in [-0.3, -0.25) is 4.99 Å². The molecule has 1 heterocycles. The number of rotatable bonds is 5. The van der Waals surface area contributed by atoms with Gasteiger partial charge in [-0.25, -0.2) is 4.98 Å². The first-order chi connectivity index (χ1) is 8.88. The highest BCUT2D eigenvalue weighted by Crippen LogP contribution is 2.10. The van der Waals surface area contributed by atoms with E-state index in [1.165, 1.54) is 0 Å². The highest BCUT2D eigenvalue weighted by Gasteiger charge is 2.18. The van der Waals surface area contributed by atoms with Gasteiger partial charge in [-0.1, -0.05) is 0 Å². The molecule has 0 spiro atoms. The van der Waals surface area contributed by atoms with Crippen LogP contribution in [0.1, 0.15) is 24.5 Å². The molecule has 19 heavy (non-hydrogen) atoms. The third-order valence-corrected chi connectivity index (χ3v) is 3.69. The van der Waals surface area contributed by atoms with Crippen molar-refractivity contribution in [3.63, 3.8) is 0 Å². The van der Waals surface area contributed by atoms with E-state index in [4.69, 9.17) is 4.74 Å². The molecule has 0 bridgehead atoms. The number of aryl methyl sites for hydroxylation is 1. The van der Waals surface area contributed by atoms with Crippen molar-refractivity contribution in [2.45, 2.75) is 32.9 Å². The molecule has 108 valence electrons. The molecule has 0 fully saturated rings. The minimum absolute atomic E-state index is 0.214. The first kappa shape index (κ1) is 15.9. The summed E-state index contributed by atoms with van der Waals surface area (Å²) in [5, 5.41) is 6.49. The first-order valence-electron chi connectivity index (χ1n) is 6.26. The largest absolute Gasteiger partial charge is 0.377 e. The van der Waals surface area contributed by atoms with Gasteiger partial charge in [0.25, 0.3) is 0 Å². The lowest BCUT2D eigenvalue weighted by atomic mass is 10.1. The van der Waals surface area contributed by atoms with Gasteiger partial charge in [0.2, 0.25) is 0 Å². The Morgan fingerprint density at radius 1 is 1.58 bits per heavy atom. The van der Waals surface area contributed by atoms with Gasteiger partial charge in [-0.05, 0) is 20.8 Å². The fourth-order valence-corrected chi connectivity index (χ4v) is 2.15. The van der Waals surface area contributed by atoms with Crippen LogP contribution in [-0.2, 0) is 11.3 Å². The number of nitrogens with zero attached hydrogens (tertiary/aromatic N) is 3. The van der Waals surface area contributed by atoms with E-state index in [1.807, 2.05) is 27.8 Å². The number of guanidine groups is 1. The molecule has 0 aliphatic carbocycles.